The van der Waals surface area contributed by atoms with Gasteiger partial charge < -0.3 is 20.1 Å². The van der Waals surface area contributed by atoms with E-state index in [-0.39, 0.29) is 31.3 Å². The van der Waals surface area contributed by atoms with Crippen molar-refractivity contribution in [1.29, 1.82) is 0 Å². The average Bonchev–Trinajstić information content (AvgIpc) is 3.08. The van der Waals surface area contributed by atoms with Crippen LogP contribution in [0.3, 0.4) is 0 Å². The van der Waals surface area contributed by atoms with Gasteiger partial charge in [0.15, 0.2) is 0 Å². The van der Waals surface area contributed by atoms with Crippen LogP contribution in [0.5, 0.6) is 0 Å². The number of carbonyl (C=O) groups is 3. The maximum absolute atomic E-state index is 12.5. The van der Waals surface area contributed by atoms with E-state index in [9.17, 15) is 14.4 Å². The first kappa shape index (κ1) is 23.3. The zero-order valence-electron chi connectivity index (χ0n) is 18.5. The number of amides is 2. The fourth-order valence-corrected chi connectivity index (χ4v) is 4.16. The summed E-state index contributed by atoms with van der Waals surface area (Å²) in [6, 6.07) is 15.9. The molecule has 32 heavy (non-hydrogen) atoms. The topological polar surface area (TPSA) is 95.9 Å². The van der Waals surface area contributed by atoms with E-state index in [1.807, 2.05) is 31.2 Å². The molecule has 2 aromatic rings. The summed E-state index contributed by atoms with van der Waals surface area (Å²) in [5.74, 6) is -1.02. The molecule has 0 bridgehead atoms. The molecule has 1 aliphatic carbocycles. The molecule has 0 saturated carbocycles. The van der Waals surface area contributed by atoms with Crippen molar-refractivity contribution in [2.45, 2.75) is 45.1 Å². The van der Waals surface area contributed by atoms with Gasteiger partial charge in [0.2, 0.25) is 5.91 Å². The monoisotopic (exact) mass is 438 g/mol. The number of hydrogen-bond donors (Lipinski definition) is 2. The second kappa shape index (κ2) is 10.8. The standard InChI is InChI=1S/C25H30N2O5/c1-3-27(14-8-13-24(29)30)23(28)15-17(2)26-25(31)32-16-22-20-11-6-4-9-18(20)19-10-5-7-12-21(19)22/h4-7,9-12,17,22H,3,8,13-16H2,1-2H3,(H,26,31)(H,29,30)/t17-/m1/s1. The van der Waals surface area contributed by atoms with Crippen LogP contribution in [0.25, 0.3) is 11.1 Å². The lowest BCUT2D eigenvalue weighted by atomic mass is 9.98. The lowest BCUT2D eigenvalue weighted by Gasteiger charge is -2.23. The van der Waals surface area contributed by atoms with Crippen LogP contribution < -0.4 is 5.32 Å². The molecule has 0 heterocycles. The van der Waals surface area contributed by atoms with Crippen LogP contribution in [0.4, 0.5) is 4.79 Å². The molecule has 0 aliphatic heterocycles. The van der Waals surface area contributed by atoms with Crippen LogP contribution in [0, 0.1) is 0 Å². The molecular weight excluding hydrogens is 408 g/mol. The van der Waals surface area contributed by atoms with Crippen LogP contribution >= 0.6 is 0 Å². The van der Waals surface area contributed by atoms with Gasteiger partial charge in [0.05, 0.1) is 0 Å². The van der Waals surface area contributed by atoms with Gasteiger partial charge in [-0.05, 0) is 42.5 Å². The first-order chi connectivity index (χ1) is 15.4. The van der Waals surface area contributed by atoms with E-state index in [0.29, 0.717) is 19.5 Å². The number of carboxylic acid groups (broad SMARTS) is 1. The van der Waals surface area contributed by atoms with Gasteiger partial charge >= 0.3 is 12.1 Å². The van der Waals surface area contributed by atoms with Crippen molar-refractivity contribution in [3.63, 3.8) is 0 Å². The number of rotatable bonds is 10. The largest absolute Gasteiger partial charge is 0.481 e. The Balaban J connectivity index is 1.51. The Bertz CT molecular complexity index is 929. The zero-order chi connectivity index (χ0) is 23.1. The highest BCUT2D eigenvalue weighted by atomic mass is 16.5. The van der Waals surface area contributed by atoms with Crippen molar-refractivity contribution in [2.75, 3.05) is 19.7 Å². The highest BCUT2D eigenvalue weighted by Crippen LogP contribution is 2.44. The van der Waals surface area contributed by atoms with E-state index in [1.165, 1.54) is 11.1 Å². The van der Waals surface area contributed by atoms with Crippen LogP contribution in [-0.4, -0.2) is 53.7 Å². The van der Waals surface area contributed by atoms with Gasteiger partial charge in [-0.25, -0.2) is 4.79 Å². The maximum atomic E-state index is 12.5. The van der Waals surface area contributed by atoms with E-state index in [4.69, 9.17) is 9.84 Å². The molecule has 0 spiro atoms. The van der Waals surface area contributed by atoms with Gasteiger partial charge in [-0.1, -0.05) is 48.5 Å². The Morgan fingerprint density at radius 1 is 1.06 bits per heavy atom. The van der Waals surface area contributed by atoms with Gasteiger partial charge in [0.25, 0.3) is 0 Å². The summed E-state index contributed by atoms with van der Waals surface area (Å²) in [4.78, 5) is 37.1. The fourth-order valence-electron chi connectivity index (χ4n) is 4.16. The molecule has 170 valence electrons. The van der Waals surface area contributed by atoms with Crippen LogP contribution in [0.2, 0.25) is 0 Å². The molecule has 1 atom stereocenters. The van der Waals surface area contributed by atoms with E-state index in [0.717, 1.165) is 11.1 Å². The van der Waals surface area contributed by atoms with Crippen LogP contribution in [-0.2, 0) is 14.3 Å². The summed E-state index contributed by atoms with van der Waals surface area (Å²) in [6.07, 6.45) is 0.00650. The van der Waals surface area contributed by atoms with Crippen LogP contribution in [0.1, 0.15) is 50.2 Å². The number of nitrogens with zero attached hydrogens (tertiary/aromatic N) is 1. The second-order valence-electron chi connectivity index (χ2n) is 8.05. The molecular formula is C25H30N2O5. The summed E-state index contributed by atoms with van der Waals surface area (Å²) in [5, 5.41) is 11.5. The Morgan fingerprint density at radius 3 is 2.22 bits per heavy atom. The van der Waals surface area contributed by atoms with Crippen molar-refractivity contribution in [2.24, 2.45) is 0 Å². The summed E-state index contributed by atoms with van der Waals surface area (Å²) in [6.45, 7) is 4.71. The minimum Gasteiger partial charge on any atom is -0.481 e. The molecule has 0 fully saturated rings. The van der Waals surface area contributed by atoms with Crippen molar-refractivity contribution in [3.05, 3.63) is 59.7 Å². The summed E-state index contributed by atoms with van der Waals surface area (Å²) in [7, 11) is 0. The van der Waals surface area contributed by atoms with Crippen LogP contribution in [0.15, 0.2) is 48.5 Å². The normalized spacial score (nSPS) is 13.1. The van der Waals surface area contributed by atoms with Gasteiger partial charge in [-0.2, -0.15) is 0 Å². The number of nitrogens with one attached hydrogen (secondary N) is 1. The predicted molar refractivity (Wildman–Crippen MR) is 121 cm³/mol. The first-order valence-corrected chi connectivity index (χ1v) is 11.0. The van der Waals surface area contributed by atoms with Gasteiger partial charge in [-0.3, -0.25) is 9.59 Å². The van der Waals surface area contributed by atoms with Gasteiger partial charge in [0, 0.05) is 37.9 Å². The number of carbonyl (C=O) groups excluding carboxylic acids is 2. The summed E-state index contributed by atoms with van der Waals surface area (Å²) < 4.78 is 5.53. The average molecular weight is 439 g/mol. The number of ether oxygens (including phenoxy) is 1. The molecule has 1 aliphatic rings. The molecule has 0 aromatic heterocycles. The molecule has 3 rings (SSSR count). The predicted octanol–water partition coefficient (Wildman–Crippen LogP) is 4.02. The fraction of sp³-hybridized carbons (Fsp3) is 0.400. The molecule has 0 unspecified atom stereocenters. The Labute approximate surface area is 188 Å². The molecule has 7 heteroatoms. The van der Waals surface area contributed by atoms with Crippen molar-refractivity contribution in [3.8, 4) is 11.1 Å². The zero-order valence-corrected chi connectivity index (χ0v) is 18.5. The maximum Gasteiger partial charge on any atom is 0.407 e. The summed E-state index contributed by atoms with van der Waals surface area (Å²) in [5.41, 5.74) is 4.62. The first-order valence-electron chi connectivity index (χ1n) is 11.0. The number of alkyl carbamates (subject to hydrolysis) is 1. The number of hydrogen-bond acceptors (Lipinski definition) is 4. The van der Waals surface area contributed by atoms with E-state index in [2.05, 4.69) is 29.6 Å². The minimum atomic E-state index is -0.876. The minimum absolute atomic E-state index is 0.0186. The molecule has 2 aromatic carbocycles. The van der Waals surface area contributed by atoms with Gasteiger partial charge in [-0.15, -0.1) is 0 Å². The summed E-state index contributed by atoms with van der Waals surface area (Å²) >= 11 is 0. The van der Waals surface area contributed by atoms with Gasteiger partial charge in [0.1, 0.15) is 6.61 Å². The molecule has 2 N–H and O–H groups in total. The third kappa shape index (κ3) is 5.66. The second-order valence-corrected chi connectivity index (χ2v) is 8.05. The molecule has 7 nitrogen and oxygen atoms in total. The number of fused-ring (bicyclic) bond motifs is 3. The Kier molecular flexibility index (Phi) is 7.87. The van der Waals surface area contributed by atoms with Crippen molar-refractivity contribution >= 4 is 18.0 Å². The number of benzene rings is 2. The highest BCUT2D eigenvalue weighted by molar-refractivity contribution is 5.79. The Hall–Kier alpha value is -3.35. The number of carboxylic acids is 1. The SMILES string of the molecule is CCN(CCCC(=O)O)C(=O)C[C@@H](C)NC(=O)OCC1c2ccccc2-c2ccccc21. The lowest BCUT2D eigenvalue weighted by molar-refractivity contribution is -0.138. The number of aliphatic carboxylic acids is 1. The van der Waals surface area contributed by atoms with E-state index < -0.39 is 18.1 Å². The van der Waals surface area contributed by atoms with Crippen molar-refractivity contribution in [1.82, 2.24) is 10.2 Å². The smallest absolute Gasteiger partial charge is 0.407 e. The molecule has 0 saturated heterocycles. The molecule has 2 amide bonds. The van der Waals surface area contributed by atoms with E-state index >= 15 is 0 Å². The third-order valence-electron chi connectivity index (χ3n) is 5.74. The Morgan fingerprint density at radius 2 is 1.66 bits per heavy atom. The lowest BCUT2D eigenvalue weighted by Crippen LogP contribution is -2.40. The third-order valence-corrected chi connectivity index (χ3v) is 5.74. The van der Waals surface area contributed by atoms with E-state index in [1.54, 1.807) is 11.8 Å². The molecule has 0 radical (unpaired) electrons. The quantitative estimate of drug-likeness (QED) is 0.584. The van der Waals surface area contributed by atoms with Crippen molar-refractivity contribution < 1.29 is 24.2 Å². The highest BCUT2D eigenvalue weighted by Gasteiger charge is 2.29.